The maximum absolute atomic E-state index is 13.5. The van der Waals surface area contributed by atoms with Gasteiger partial charge >= 0.3 is 16.3 Å². The number of hydrogen-bond acceptors (Lipinski definition) is 4. The molecule has 8 heteroatoms. The molecule has 0 aromatic heterocycles. The van der Waals surface area contributed by atoms with Gasteiger partial charge in [0.15, 0.2) is 0 Å². The number of esters is 1. The molecule has 0 bridgehead atoms. The topological polar surface area (TPSA) is 92.7 Å². The number of ether oxygens (including phenoxy) is 1. The molecule has 0 rings (SSSR count). The number of unbranched alkanes of at least 4 members (excludes halogenated alkanes) is 5. The van der Waals surface area contributed by atoms with Crippen molar-refractivity contribution < 1.29 is 26.9 Å². The molecule has 0 radical (unpaired) electrons. The van der Waals surface area contributed by atoms with E-state index in [9.17, 15) is 17.6 Å². The lowest BCUT2D eigenvalue weighted by Crippen LogP contribution is -2.23. The van der Waals surface area contributed by atoms with Crippen molar-refractivity contribution in [2.75, 3.05) is 6.61 Å². The SMILES string of the molecule is CC.CCCCCCCCOC(=O)C(CC)=C(F)NS(=O)(=O)O. The molecule has 23 heavy (non-hydrogen) atoms. The number of nitrogens with one attached hydrogen (secondary N) is 1. The second kappa shape index (κ2) is 14.4. The van der Waals surface area contributed by atoms with Crippen molar-refractivity contribution in [1.29, 1.82) is 0 Å². The van der Waals surface area contributed by atoms with Gasteiger partial charge < -0.3 is 4.74 Å². The molecule has 0 aliphatic heterocycles. The second-order valence-corrected chi connectivity index (χ2v) is 5.78. The molecular weight excluding hydrogens is 325 g/mol. The largest absolute Gasteiger partial charge is 0.462 e. The average molecular weight is 355 g/mol. The van der Waals surface area contributed by atoms with Gasteiger partial charge in [-0.3, -0.25) is 4.55 Å². The van der Waals surface area contributed by atoms with Gasteiger partial charge in [0.2, 0.25) is 5.95 Å². The molecule has 0 saturated heterocycles. The van der Waals surface area contributed by atoms with Gasteiger partial charge in [0, 0.05) is 0 Å². The maximum atomic E-state index is 13.5. The van der Waals surface area contributed by atoms with Crippen molar-refractivity contribution in [2.24, 2.45) is 0 Å². The third kappa shape index (κ3) is 14.2. The summed E-state index contributed by atoms with van der Waals surface area (Å²) in [4.78, 5) is 11.6. The minimum Gasteiger partial charge on any atom is -0.462 e. The highest BCUT2D eigenvalue weighted by Gasteiger charge is 2.18. The van der Waals surface area contributed by atoms with Crippen LogP contribution >= 0.6 is 0 Å². The van der Waals surface area contributed by atoms with E-state index >= 15 is 0 Å². The Kier molecular flexibility index (Phi) is 15.1. The van der Waals surface area contributed by atoms with Crippen molar-refractivity contribution >= 4 is 16.3 Å². The van der Waals surface area contributed by atoms with Gasteiger partial charge in [-0.2, -0.15) is 12.8 Å². The smallest absolute Gasteiger partial charge is 0.359 e. The Balaban J connectivity index is 0. The van der Waals surface area contributed by atoms with E-state index in [0.29, 0.717) is 6.42 Å². The minimum atomic E-state index is -4.74. The fourth-order valence-corrected chi connectivity index (χ4v) is 2.05. The Morgan fingerprint density at radius 3 is 2.09 bits per heavy atom. The van der Waals surface area contributed by atoms with Crippen LogP contribution in [-0.4, -0.2) is 25.5 Å². The van der Waals surface area contributed by atoms with E-state index in [1.165, 1.54) is 18.1 Å². The van der Waals surface area contributed by atoms with Gasteiger partial charge in [0.05, 0.1) is 12.2 Å². The van der Waals surface area contributed by atoms with Crippen LogP contribution in [0, 0.1) is 0 Å². The highest BCUT2D eigenvalue weighted by atomic mass is 32.2. The van der Waals surface area contributed by atoms with Crippen LogP contribution in [0.2, 0.25) is 0 Å². The molecule has 0 aromatic rings. The monoisotopic (exact) mass is 355 g/mol. The summed E-state index contributed by atoms with van der Waals surface area (Å²) in [5, 5.41) is 0. The summed E-state index contributed by atoms with van der Waals surface area (Å²) in [5.41, 5.74) is -0.446. The predicted octanol–water partition coefficient (Wildman–Crippen LogP) is 3.90. The summed E-state index contributed by atoms with van der Waals surface area (Å²) in [7, 11) is -4.74. The molecule has 0 aromatic carbocycles. The zero-order valence-electron chi connectivity index (χ0n) is 14.5. The lowest BCUT2D eigenvalue weighted by molar-refractivity contribution is -0.139. The van der Waals surface area contributed by atoms with Gasteiger partial charge in [-0.25, -0.2) is 9.52 Å². The van der Waals surface area contributed by atoms with Crippen molar-refractivity contribution in [3.8, 4) is 0 Å². The number of hydrogen-bond donors (Lipinski definition) is 2. The molecular formula is C15H30FNO5S. The van der Waals surface area contributed by atoms with E-state index in [-0.39, 0.29) is 13.0 Å². The first-order valence-electron chi connectivity index (χ1n) is 8.12. The standard InChI is InChI=1S/C13H24FNO5S.C2H6/c1-3-5-6-7-8-9-10-20-13(16)11(4-2)12(14)15-21(17,18)19;1-2/h15H,3-10H2,1-2H3,(H,17,18,19);1-2H3. The summed E-state index contributed by atoms with van der Waals surface area (Å²) in [6, 6.07) is 0. The van der Waals surface area contributed by atoms with E-state index in [1.807, 2.05) is 13.8 Å². The molecule has 6 nitrogen and oxygen atoms in total. The third-order valence-corrected chi connectivity index (χ3v) is 3.25. The minimum absolute atomic E-state index is 0.0519. The van der Waals surface area contributed by atoms with E-state index in [4.69, 9.17) is 9.29 Å². The van der Waals surface area contributed by atoms with Crippen LogP contribution in [0.5, 0.6) is 0 Å². The quantitative estimate of drug-likeness (QED) is 0.193. The summed E-state index contributed by atoms with van der Waals surface area (Å²) >= 11 is 0. The lowest BCUT2D eigenvalue weighted by atomic mass is 10.1. The normalized spacial score (nSPS) is 11.9. The zero-order valence-corrected chi connectivity index (χ0v) is 15.3. The number of carbonyl (C=O) groups is 1. The molecule has 2 N–H and O–H groups in total. The Labute approximate surface area is 139 Å². The summed E-state index contributed by atoms with van der Waals surface area (Å²) in [6.45, 7) is 7.76. The number of carbonyl (C=O) groups excluding carboxylic acids is 1. The van der Waals surface area contributed by atoms with Gasteiger partial charge in [-0.05, 0) is 12.8 Å². The van der Waals surface area contributed by atoms with Crippen molar-refractivity contribution in [2.45, 2.75) is 72.6 Å². The van der Waals surface area contributed by atoms with E-state index < -0.39 is 27.8 Å². The van der Waals surface area contributed by atoms with Gasteiger partial charge in [-0.15, -0.1) is 0 Å². The second-order valence-electron chi connectivity index (χ2n) is 4.63. The van der Waals surface area contributed by atoms with Crippen LogP contribution in [-0.2, 0) is 19.8 Å². The molecule has 0 amide bonds. The Hall–Kier alpha value is -1.15. The van der Waals surface area contributed by atoms with Crippen LogP contribution in [0.1, 0.15) is 72.6 Å². The fourth-order valence-electron chi connectivity index (χ4n) is 1.70. The summed E-state index contributed by atoms with van der Waals surface area (Å²) in [5.74, 6) is -2.33. The molecule has 138 valence electrons. The summed E-state index contributed by atoms with van der Waals surface area (Å²) in [6.07, 6.45) is 6.07. The Morgan fingerprint density at radius 1 is 1.09 bits per heavy atom. The van der Waals surface area contributed by atoms with Crippen LogP contribution < -0.4 is 4.72 Å². The molecule has 0 heterocycles. The van der Waals surface area contributed by atoms with Crippen LogP contribution in [0.25, 0.3) is 0 Å². The van der Waals surface area contributed by atoms with Crippen LogP contribution in [0.4, 0.5) is 4.39 Å². The number of halogens is 1. The molecule has 0 atom stereocenters. The van der Waals surface area contributed by atoms with E-state index in [2.05, 4.69) is 6.92 Å². The molecule has 0 spiro atoms. The zero-order chi connectivity index (χ0) is 18.3. The summed E-state index contributed by atoms with van der Waals surface area (Å²) < 4.78 is 49.0. The average Bonchev–Trinajstić information content (AvgIpc) is 2.47. The van der Waals surface area contributed by atoms with Crippen molar-refractivity contribution in [3.63, 3.8) is 0 Å². The molecule has 0 aliphatic rings. The molecule has 0 fully saturated rings. The van der Waals surface area contributed by atoms with Gasteiger partial charge in [-0.1, -0.05) is 59.8 Å². The van der Waals surface area contributed by atoms with Gasteiger partial charge in [0.1, 0.15) is 0 Å². The first-order chi connectivity index (χ1) is 10.8. The highest BCUT2D eigenvalue weighted by molar-refractivity contribution is 7.83. The first-order valence-corrected chi connectivity index (χ1v) is 9.56. The van der Waals surface area contributed by atoms with Gasteiger partial charge in [0.25, 0.3) is 0 Å². The predicted molar refractivity (Wildman–Crippen MR) is 88.8 cm³/mol. The highest BCUT2D eigenvalue weighted by Crippen LogP contribution is 2.12. The first kappa shape index (κ1) is 24.1. The van der Waals surface area contributed by atoms with Crippen molar-refractivity contribution in [1.82, 2.24) is 4.72 Å². The Morgan fingerprint density at radius 2 is 1.61 bits per heavy atom. The third-order valence-electron chi connectivity index (χ3n) is 2.81. The fraction of sp³-hybridized carbons (Fsp3) is 0.800. The maximum Gasteiger partial charge on any atom is 0.359 e. The van der Waals surface area contributed by atoms with Crippen LogP contribution in [0.3, 0.4) is 0 Å². The molecule has 0 aliphatic carbocycles. The van der Waals surface area contributed by atoms with E-state index in [0.717, 1.165) is 25.7 Å². The van der Waals surface area contributed by atoms with Crippen LogP contribution in [0.15, 0.2) is 11.5 Å². The Bertz CT molecular complexity index is 449. The number of rotatable bonds is 11. The lowest BCUT2D eigenvalue weighted by Gasteiger charge is -2.08. The molecule has 0 saturated carbocycles. The van der Waals surface area contributed by atoms with Crippen molar-refractivity contribution in [3.05, 3.63) is 11.5 Å². The molecule has 0 unspecified atom stereocenters. The van der Waals surface area contributed by atoms with E-state index in [1.54, 1.807) is 0 Å².